The lowest BCUT2D eigenvalue weighted by atomic mass is 10.2. The van der Waals surface area contributed by atoms with Gasteiger partial charge in [-0.2, -0.15) is 0 Å². The van der Waals surface area contributed by atoms with E-state index in [9.17, 15) is 5.11 Å². The van der Waals surface area contributed by atoms with Gasteiger partial charge < -0.3 is 5.11 Å². The van der Waals surface area contributed by atoms with Crippen LogP contribution in [0.2, 0.25) is 0 Å². The first-order valence-electron chi connectivity index (χ1n) is 6.42. The maximum absolute atomic E-state index is 9.64. The highest BCUT2D eigenvalue weighted by molar-refractivity contribution is 5.72. The van der Waals surface area contributed by atoms with Crippen molar-refractivity contribution >= 4 is 11.0 Å². The lowest BCUT2D eigenvalue weighted by Gasteiger charge is -2.01. The van der Waals surface area contributed by atoms with Gasteiger partial charge in [0, 0.05) is 0 Å². The molecule has 2 aromatic carbocycles. The van der Waals surface area contributed by atoms with Crippen molar-refractivity contribution in [2.24, 2.45) is 7.05 Å². The predicted octanol–water partition coefficient (Wildman–Crippen LogP) is 2.01. The Morgan fingerprint density at radius 1 is 1.00 bits per heavy atom. The predicted molar refractivity (Wildman–Crippen MR) is 74.6 cm³/mol. The number of fused-ring (bicyclic) bond motifs is 1. The maximum atomic E-state index is 9.64. The summed E-state index contributed by atoms with van der Waals surface area (Å²) in [6.45, 7) is 0.816. The minimum atomic E-state index is 0.0397. The van der Waals surface area contributed by atoms with E-state index in [1.54, 1.807) is 0 Å². The fourth-order valence-corrected chi connectivity index (χ4v) is 2.57. The topological polar surface area (TPSA) is 29.0 Å². The normalized spacial score (nSPS) is 11.1. The highest BCUT2D eigenvalue weighted by Gasteiger charge is 2.21. The van der Waals surface area contributed by atoms with E-state index in [1.165, 1.54) is 5.56 Å². The summed E-state index contributed by atoms with van der Waals surface area (Å²) in [6.07, 6.45) is 0. The van der Waals surface area contributed by atoms with E-state index in [0.717, 1.165) is 23.4 Å². The zero-order chi connectivity index (χ0) is 13.2. The molecule has 1 aromatic heterocycles. The minimum absolute atomic E-state index is 0.0397. The van der Waals surface area contributed by atoms with Crippen molar-refractivity contribution in [1.29, 1.82) is 0 Å². The standard InChI is InChI=1S/C16H17N2O/c1-17-14-9-5-6-10-15(14)18(16(17)12-19)11-13-7-3-2-4-8-13/h2-10,19H,11-12H2,1H3/q+1. The average molecular weight is 253 g/mol. The molecule has 1 heterocycles. The van der Waals surface area contributed by atoms with Crippen LogP contribution in [0, 0.1) is 0 Å². The molecule has 3 heteroatoms. The molecule has 1 N–H and O–H groups in total. The van der Waals surface area contributed by atoms with Crippen LogP contribution in [0.1, 0.15) is 11.4 Å². The molecular weight excluding hydrogens is 236 g/mol. The molecule has 3 aromatic rings. The van der Waals surface area contributed by atoms with E-state index in [1.807, 2.05) is 37.4 Å². The number of aromatic nitrogens is 2. The van der Waals surface area contributed by atoms with Crippen molar-refractivity contribution in [3.63, 3.8) is 0 Å². The van der Waals surface area contributed by atoms with E-state index in [0.29, 0.717) is 0 Å². The van der Waals surface area contributed by atoms with E-state index < -0.39 is 0 Å². The highest BCUT2D eigenvalue weighted by atomic mass is 16.3. The third kappa shape index (κ3) is 2.02. The molecule has 0 aliphatic heterocycles. The Bertz CT molecular complexity index is 701. The number of benzene rings is 2. The van der Waals surface area contributed by atoms with Crippen molar-refractivity contribution in [3.8, 4) is 0 Å². The molecule has 0 saturated carbocycles. The first-order valence-corrected chi connectivity index (χ1v) is 6.42. The van der Waals surface area contributed by atoms with Crippen LogP contribution in [0.25, 0.3) is 11.0 Å². The number of imidazole rings is 1. The fourth-order valence-electron chi connectivity index (χ4n) is 2.57. The van der Waals surface area contributed by atoms with E-state index in [4.69, 9.17) is 0 Å². The van der Waals surface area contributed by atoms with Crippen molar-refractivity contribution in [3.05, 3.63) is 66.0 Å². The third-order valence-electron chi connectivity index (χ3n) is 3.56. The molecule has 96 valence electrons. The summed E-state index contributed by atoms with van der Waals surface area (Å²) in [5, 5.41) is 9.64. The molecule has 0 saturated heterocycles. The maximum Gasteiger partial charge on any atom is 0.283 e. The summed E-state index contributed by atoms with van der Waals surface area (Å²) < 4.78 is 4.23. The average Bonchev–Trinajstić information content (AvgIpc) is 2.73. The van der Waals surface area contributed by atoms with Crippen molar-refractivity contribution in [1.82, 2.24) is 4.57 Å². The number of aliphatic hydroxyl groups is 1. The van der Waals surface area contributed by atoms with Crippen LogP contribution in [0.3, 0.4) is 0 Å². The highest BCUT2D eigenvalue weighted by Crippen LogP contribution is 2.16. The molecule has 0 aliphatic carbocycles. The van der Waals surface area contributed by atoms with Gasteiger partial charge in [0.2, 0.25) is 0 Å². The van der Waals surface area contributed by atoms with Crippen LogP contribution in [0.4, 0.5) is 0 Å². The minimum Gasteiger partial charge on any atom is -0.384 e. The van der Waals surface area contributed by atoms with Crippen molar-refractivity contribution in [2.45, 2.75) is 13.2 Å². The lowest BCUT2D eigenvalue weighted by Crippen LogP contribution is -2.33. The number of rotatable bonds is 3. The second kappa shape index (κ2) is 4.86. The molecule has 0 atom stereocenters. The first-order chi connectivity index (χ1) is 9.31. The van der Waals surface area contributed by atoms with Crippen molar-refractivity contribution in [2.75, 3.05) is 0 Å². The first kappa shape index (κ1) is 11.9. The van der Waals surface area contributed by atoms with E-state index in [2.05, 4.69) is 33.4 Å². The molecule has 0 bridgehead atoms. The number of para-hydroxylation sites is 2. The Kier molecular flexibility index (Phi) is 3.05. The number of aliphatic hydroxyl groups excluding tert-OH is 1. The van der Waals surface area contributed by atoms with Gasteiger partial charge in [0.1, 0.15) is 13.2 Å². The SMILES string of the molecule is C[n+]1c(CO)n(Cc2ccccc2)c2ccccc21. The largest absolute Gasteiger partial charge is 0.384 e. The van der Waals surface area contributed by atoms with E-state index in [-0.39, 0.29) is 6.61 Å². The van der Waals surface area contributed by atoms with Gasteiger partial charge in [0.05, 0.1) is 7.05 Å². The Hall–Kier alpha value is -2.13. The number of hydrogen-bond donors (Lipinski definition) is 1. The Balaban J connectivity index is 2.17. The quantitative estimate of drug-likeness (QED) is 0.711. The zero-order valence-electron chi connectivity index (χ0n) is 11.0. The van der Waals surface area contributed by atoms with Crippen LogP contribution in [-0.2, 0) is 20.2 Å². The second-order valence-electron chi connectivity index (χ2n) is 4.69. The number of aryl methyl sites for hydroxylation is 1. The van der Waals surface area contributed by atoms with Crippen LogP contribution in [0.15, 0.2) is 54.6 Å². The zero-order valence-corrected chi connectivity index (χ0v) is 11.0. The Labute approximate surface area is 112 Å². The fraction of sp³-hybridized carbons (Fsp3) is 0.188. The molecule has 0 amide bonds. The lowest BCUT2D eigenvalue weighted by molar-refractivity contribution is -0.656. The summed E-state index contributed by atoms with van der Waals surface area (Å²) >= 11 is 0. The van der Waals surface area contributed by atoms with Crippen LogP contribution < -0.4 is 4.57 Å². The smallest absolute Gasteiger partial charge is 0.283 e. The van der Waals surface area contributed by atoms with Crippen LogP contribution >= 0.6 is 0 Å². The van der Waals surface area contributed by atoms with Gasteiger partial charge in [-0.3, -0.25) is 0 Å². The second-order valence-corrected chi connectivity index (χ2v) is 4.69. The molecule has 0 spiro atoms. The molecule has 0 aliphatic rings. The molecule has 19 heavy (non-hydrogen) atoms. The number of nitrogens with zero attached hydrogens (tertiary/aromatic N) is 2. The third-order valence-corrected chi connectivity index (χ3v) is 3.56. The summed E-state index contributed by atoms with van der Waals surface area (Å²) in [7, 11) is 2.00. The molecule has 0 radical (unpaired) electrons. The molecular formula is C16H17N2O+. The van der Waals surface area contributed by atoms with Gasteiger partial charge >= 0.3 is 0 Å². The van der Waals surface area contributed by atoms with E-state index >= 15 is 0 Å². The molecule has 0 fully saturated rings. The molecule has 0 unspecified atom stereocenters. The van der Waals surface area contributed by atoms with Gasteiger partial charge in [-0.15, -0.1) is 0 Å². The van der Waals surface area contributed by atoms with Gasteiger partial charge in [-0.1, -0.05) is 42.5 Å². The molecule has 3 nitrogen and oxygen atoms in total. The summed E-state index contributed by atoms with van der Waals surface area (Å²) in [6, 6.07) is 18.5. The van der Waals surface area contributed by atoms with Crippen molar-refractivity contribution < 1.29 is 9.67 Å². The summed E-state index contributed by atoms with van der Waals surface area (Å²) in [4.78, 5) is 0. The number of hydrogen-bond acceptors (Lipinski definition) is 1. The Morgan fingerprint density at radius 3 is 2.42 bits per heavy atom. The summed E-state index contributed by atoms with van der Waals surface area (Å²) in [5.41, 5.74) is 3.53. The van der Waals surface area contributed by atoms with Crippen LogP contribution in [0.5, 0.6) is 0 Å². The molecule has 3 rings (SSSR count). The van der Waals surface area contributed by atoms with Gasteiger partial charge in [0.15, 0.2) is 11.0 Å². The van der Waals surface area contributed by atoms with Gasteiger partial charge in [-0.05, 0) is 17.7 Å². The Morgan fingerprint density at radius 2 is 1.68 bits per heavy atom. The van der Waals surface area contributed by atoms with Gasteiger partial charge in [-0.25, -0.2) is 9.13 Å². The van der Waals surface area contributed by atoms with Crippen LogP contribution in [-0.4, -0.2) is 9.67 Å². The monoisotopic (exact) mass is 253 g/mol. The van der Waals surface area contributed by atoms with Gasteiger partial charge in [0.25, 0.3) is 5.82 Å². The summed E-state index contributed by atoms with van der Waals surface area (Å²) in [5.74, 6) is 0.921.